The fourth-order valence-electron chi connectivity index (χ4n) is 0.994. The second-order valence-electron chi connectivity index (χ2n) is 2.92. The van der Waals surface area contributed by atoms with Crippen LogP contribution >= 0.6 is 11.3 Å². The largest absolute Gasteiger partial charge is 0.315 e. The highest BCUT2D eigenvalue weighted by Crippen LogP contribution is 2.05. The van der Waals surface area contributed by atoms with Gasteiger partial charge in [-0.25, -0.2) is 0 Å². The summed E-state index contributed by atoms with van der Waals surface area (Å²) in [5, 5.41) is 7.01. The second kappa shape index (κ2) is 5.45. The lowest BCUT2D eigenvalue weighted by Crippen LogP contribution is -2.24. The molecule has 0 radical (unpaired) electrons. The SMILES string of the molecule is O=S(=O)(O)CCNCCc1ccsc1. The second-order valence-corrected chi connectivity index (χ2v) is 5.27. The summed E-state index contributed by atoms with van der Waals surface area (Å²) in [6, 6.07) is 2.04. The molecule has 0 bridgehead atoms. The first kappa shape index (κ1) is 11.6. The van der Waals surface area contributed by atoms with Crippen molar-refractivity contribution >= 4 is 21.5 Å². The van der Waals surface area contributed by atoms with Gasteiger partial charge in [-0.2, -0.15) is 19.8 Å². The van der Waals surface area contributed by atoms with E-state index in [-0.39, 0.29) is 5.75 Å². The van der Waals surface area contributed by atoms with Crippen LogP contribution in [0.4, 0.5) is 0 Å². The zero-order valence-corrected chi connectivity index (χ0v) is 9.27. The van der Waals surface area contributed by atoms with E-state index in [9.17, 15) is 8.42 Å². The Kier molecular flexibility index (Phi) is 4.53. The monoisotopic (exact) mass is 235 g/mol. The van der Waals surface area contributed by atoms with Crippen LogP contribution in [0.5, 0.6) is 0 Å². The summed E-state index contributed by atoms with van der Waals surface area (Å²) in [7, 11) is -3.82. The van der Waals surface area contributed by atoms with Gasteiger partial charge in [0.05, 0.1) is 5.75 Å². The summed E-state index contributed by atoms with van der Waals surface area (Å²) in [6.45, 7) is 1.02. The van der Waals surface area contributed by atoms with Gasteiger partial charge in [-0.3, -0.25) is 4.55 Å². The van der Waals surface area contributed by atoms with Gasteiger partial charge in [0, 0.05) is 6.54 Å². The average molecular weight is 235 g/mol. The highest BCUT2D eigenvalue weighted by Gasteiger charge is 2.02. The fraction of sp³-hybridized carbons (Fsp3) is 0.500. The normalized spacial score (nSPS) is 11.8. The topological polar surface area (TPSA) is 66.4 Å². The van der Waals surface area contributed by atoms with Gasteiger partial charge >= 0.3 is 0 Å². The van der Waals surface area contributed by atoms with Crippen LogP contribution in [-0.2, 0) is 16.5 Å². The molecule has 0 aliphatic rings. The van der Waals surface area contributed by atoms with Gasteiger partial charge in [-0.1, -0.05) is 0 Å². The highest BCUT2D eigenvalue weighted by atomic mass is 32.2. The zero-order valence-electron chi connectivity index (χ0n) is 7.64. The Bertz CT molecular complexity index is 345. The van der Waals surface area contributed by atoms with Crippen molar-refractivity contribution in [3.8, 4) is 0 Å². The van der Waals surface area contributed by atoms with Crippen molar-refractivity contribution < 1.29 is 13.0 Å². The highest BCUT2D eigenvalue weighted by molar-refractivity contribution is 7.85. The summed E-state index contributed by atoms with van der Waals surface area (Å²) < 4.78 is 29.1. The quantitative estimate of drug-likeness (QED) is 0.564. The van der Waals surface area contributed by atoms with Gasteiger partial charge in [0.15, 0.2) is 0 Å². The van der Waals surface area contributed by atoms with Crippen molar-refractivity contribution in [2.45, 2.75) is 6.42 Å². The molecular formula is C8H13NO3S2. The van der Waals surface area contributed by atoms with E-state index in [1.54, 1.807) is 11.3 Å². The summed E-state index contributed by atoms with van der Waals surface area (Å²) in [5.74, 6) is -0.226. The van der Waals surface area contributed by atoms with Gasteiger partial charge in [-0.15, -0.1) is 0 Å². The lowest BCUT2D eigenvalue weighted by molar-refractivity contribution is 0.480. The van der Waals surface area contributed by atoms with Crippen LogP contribution in [0.3, 0.4) is 0 Å². The van der Waals surface area contributed by atoms with E-state index < -0.39 is 10.1 Å². The smallest absolute Gasteiger partial charge is 0.266 e. The van der Waals surface area contributed by atoms with Crippen molar-refractivity contribution in [1.82, 2.24) is 5.32 Å². The third-order valence-corrected chi connectivity index (χ3v) is 3.16. The third kappa shape index (κ3) is 5.33. The molecule has 6 heteroatoms. The maximum Gasteiger partial charge on any atom is 0.266 e. The Morgan fingerprint density at radius 2 is 2.21 bits per heavy atom. The van der Waals surface area contributed by atoms with Crippen molar-refractivity contribution in [3.63, 3.8) is 0 Å². The molecule has 14 heavy (non-hydrogen) atoms. The molecule has 0 aromatic carbocycles. The average Bonchev–Trinajstić information content (AvgIpc) is 2.54. The van der Waals surface area contributed by atoms with Crippen molar-refractivity contribution in [2.24, 2.45) is 0 Å². The van der Waals surface area contributed by atoms with Crippen LogP contribution in [-0.4, -0.2) is 31.8 Å². The van der Waals surface area contributed by atoms with E-state index in [0.717, 1.165) is 13.0 Å². The van der Waals surface area contributed by atoms with Gasteiger partial charge in [0.1, 0.15) is 0 Å². The molecule has 0 unspecified atom stereocenters. The Hall–Kier alpha value is -0.430. The Morgan fingerprint density at radius 3 is 2.79 bits per heavy atom. The summed E-state index contributed by atoms with van der Waals surface area (Å²) >= 11 is 1.64. The molecule has 0 aliphatic carbocycles. The van der Waals surface area contributed by atoms with Crippen molar-refractivity contribution in [1.29, 1.82) is 0 Å². The maximum atomic E-state index is 10.3. The number of rotatable bonds is 6. The van der Waals surface area contributed by atoms with Gasteiger partial charge in [0.2, 0.25) is 0 Å². The molecule has 0 saturated heterocycles. The number of hydrogen-bond acceptors (Lipinski definition) is 4. The predicted octanol–water partition coefficient (Wildman–Crippen LogP) is 0.768. The maximum absolute atomic E-state index is 10.3. The molecule has 1 aromatic rings. The fourth-order valence-corrected chi connectivity index (χ4v) is 2.10. The van der Waals surface area contributed by atoms with Gasteiger partial charge < -0.3 is 5.32 Å². The first-order valence-corrected chi connectivity index (χ1v) is 6.80. The van der Waals surface area contributed by atoms with Gasteiger partial charge in [0.25, 0.3) is 10.1 Å². The number of thiophene rings is 1. The van der Waals surface area contributed by atoms with E-state index in [2.05, 4.69) is 10.7 Å². The zero-order chi connectivity index (χ0) is 10.4. The molecule has 1 rings (SSSR count). The molecule has 0 fully saturated rings. The van der Waals surface area contributed by atoms with Crippen molar-refractivity contribution in [2.75, 3.05) is 18.8 Å². The first-order valence-electron chi connectivity index (χ1n) is 4.25. The first-order chi connectivity index (χ1) is 6.58. The molecule has 4 nitrogen and oxygen atoms in total. The Morgan fingerprint density at radius 1 is 1.43 bits per heavy atom. The Balaban J connectivity index is 2.06. The molecule has 80 valence electrons. The van der Waals surface area contributed by atoms with Crippen LogP contribution in [0, 0.1) is 0 Å². The summed E-state index contributed by atoms with van der Waals surface area (Å²) in [6.07, 6.45) is 0.884. The minimum Gasteiger partial charge on any atom is -0.315 e. The molecule has 1 heterocycles. The number of hydrogen-bond donors (Lipinski definition) is 2. The molecule has 0 saturated carbocycles. The lowest BCUT2D eigenvalue weighted by Gasteiger charge is -2.01. The van der Waals surface area contributed by atoms with E-state index in [0.29, 0.717) is 6.54 Å². The molecule has 0 spiro atoms. The minimum atomic E-state index is -3.82. The van der Waals surface area contributed by atoms with E-state index in [1.807, 2.05) is 11.4 Å². The van der Waals surface area contributed by atoms with Crippen LogP contribution in [0.1, 0.15) is 5.56 Å². The van der Waals surface area contributed by atoms with E-state index in [4.69, 9.17) is 4.55 Å². The van der Waals surface area contributed by atoms with Crippen LogP contribution in [0.2, 0.25) is 0 Å². The Labute approximate surface area is 87.7 Å². The third-order valence-electron chi connectivity index (χ3n) is 1.71. The van der Waals surface area contributed by atoms with E-state index in [1.165, 1.54) is 5.56 Å². The molecule has 0 atom stereocenters. The molecule has 0 aliphatic heterocycles. The van der Waals surface area contributed by atoms with Crippen LogP contribution in [0.15, 0.2) is 16.8 Å². The van der Waals surface area contributed by atoms with Gasteiger partial charge in [-0.05, 0) is 35.4 Å². The molecular weight excluding hydrogens is 222 g/mol. The summed E-state index contributed by atoms with van der Waals surface area (Å²) in [5.41, 5.74) is 1.24. The van der Waals surface area contributed by atoms with Crippen LogP contribution < -0.4 is 5.32 Å². The summed E-state index contributed by atoms with van der Waals surface area (Å²) in [4.78, 5) is 0. The molecule has 1 aromatic heterocycles. The standard InChI is InChI=1S/C8H13NO3S2/c10-14(11,12)6-4-9-3-1-8-2-5-13-7-8/h2,5,7,9H,1,3-4,6H2,(H,10,11,12). The predicted molar refractivity (Wildman–Crippen MR) is 57.3 cm³/mol. The molecule has 0 amide bonds. The molecule has 2 N–H and O–H groups in total. The minimum absolute atomic E-state index is 0.226. The number of nitrogens with one attached hydrogen (secondary N) is 1. The van der Waals surface area contributed by atoms with Crippen LogP contribution in [0.25, 0.3) is 0 Å². The lowest BCUT2D eigenvalue weighted by atomic mass is 10.2. The van der Waals surface area contributed by atoms with E-state index >= 15 is 0 Å². The van der Waals surface area contributed by atoms with Crippen molar-refractivity contribution in [3.05, 3.63) is 22.4 Å².